The monoisotopic (exact) mass is 343 g/mol. The summed E-state index contributed by atoms with van der Waals surface area (Å²) in [6.45, 7) is 6.66. The minimum atomic E-state index is 0.553. The summed E-state index contributed by atoms with van der Waals surface area (Å²) in [5.74, 6) is 1.16. The molecule has 0 aromatic heterocycles. The van der Waals surface area contributed by atoms with Crippen LogP contribution in [0.25, 0.3) is 0 Å². The molecule has 1 aliphatic rings. The SMILES string of the molecule is Cc1cccc(C2CCNCC2c2cccc(Br)c2)c1C. The predicted molar refractivity (Wildman–Crippen MR) is 93.0 cm³/mol. The van der Waals surface area contributed by atoms with Crippen molar-refractivity contribution in [2.45, 2.75) is 32.1 Å². The van der Waals surface area contributed by atoms with E-state index in [2.05, 4.69) is 77.6 Å². The zero-order valence-electron chi connectivity index (χ0n) is 12.7. The molecule has 2 aromatic carbocycles. The maximum absolute atomic E-state index is 3.61. The normalized spacial score (nSPS) is 22.2. The number of aryl methyl sites for hydroxylation is 1. The van der Waals surface area contributed by atoms with Gasteiger partial charge in [-0.2, -0.15) is 0 Å². The summed E-state index contributed by atoms with van der Waals surface area (Å²) in [5, 5.41) is 3.57. The van der Waals surface area contributed by atoms with Gasteiger partial charge in [-0.15, -0.1) is 0 Å². The second-order valence-electron chi connectivity index (χ2n) is 6.05. The van der Waals surface area contributed by atoms with Crippen LogP contribution in [0.2, 0.25) is 0 Å². The highest BCUT2D eigenvalue weighted by molar-refractivity contribution is 9.10. The Bertz CT molecular complexity index is 635. The van der Waals surface area contributed by atoms with Gasteiger partial charge < -0.3 is 5.32 Å². The van der Waals surface area contributed by atoms with Gasteiger partial charge in [0.1, 0.15) is 0 Å². The van der Waals surface area contributed by atoms with Crippen LogP contribution in [-0.4, -0.2) is 13.1 Å². The topological polar surface area (TPSA) is 12.0 Å². The van der Waals surface area contributed by atoms with E-state index in [1.54, 1.807) is 0 Å². The Morgan fingerprint density at radius 3 is 2.67 bits per heavy atom. The fraction of sp³-hybridized carbons (Fsp3) is 0.368. The molecule has 110 valence electrons. The molecule has 2 unspecified atom stereocenters. The first kappa shape index (κ1) is 14.8. The van der Waals surface area contributed by atoms with Crippen molar-refractivity contribution < 1.29 is 0 Å². The molecule has 0 spiro atoms. The highest BCUT2D eigenvalue weighted by atomic mass is 79.9. The second-order valence-corrected chi connectivity index (χ2v) is 6.97. The average molecular weight is 344 g/mol. The van der Waals surface area contributed by atoms with E-state index in [1.807, 2.05) is 0 Å². The summed E-state index contributed by atoms with van der Waals surface area (Å²) in [5.41, 5.74) is 5.83. The zero-order valence-corrected chi connectivity index (χ0v) is 14.3. The summed E-state index contributed by atoms with van der Waals surface area (Å²) in [7, 11) is 0. The van der Waals surface area contributed by atoms with Gasteiger partial charge >= 0.3 is 0 Å². The molecule has 1 fully saturated rings. The first-order valence-corrected chi connectivity index (χ1v) is 8.48. The Balaban J connectivity index is 2.00. The average Bonchev–Trinajstić information content (AvgIpc) is 2.50. The van der Waals surface area contributed by atoms with Crippen LogP contribution in [0.1, 0.15) is 40.5 Å². The molecule has 0 bridgehead atoms. The molecule has 1 nitrogen and oxygen atoms in total. The van der Waals surface area contributed by atoms with Crippen molar-refractivity contribution in [3.05, 3.63) is 69.2 Å². The van der Waals surface area contributed by atoms with Gasteiger partial charge in [0.25, 0.3) is 0 Å². The standard InChI is InChI=1S/C19H22BrN/c1-13-5-3-8-17(14(13)2)18-9-10-21-12-19(18)15-6-4-7-16(20)11-15/h3-8,11,18-19,21H,9-10,12H2,1-2H3. The van der Waals surface area contributed by atoms with Crippen LogP contribution in [0.3, 0.4) is 0 Å². The van der Waals surface area contributed by atoms with Crippen LogP contribution in [0.4, 0.5) is 0 Å². The lowest BCUT2D eigenvalue weighted by Gasteiger charge is -2.34. The lowest BCUT2D eigenvalue weighted by molar-refractivity contribution is 0.403. The molecular weight excluding hydrogens is 322 g/mol. The minimum absolute atomic E-state index is 0.553. The smallest absolute Gasteiger partial charge is 0.0178 e. The number of rotatable bonds is 2. The molecule has 1 heterocycles. The third-order valence-electron chi connectivity index (χ3n) is 4.80. The van der Waals surface area contributed by atoms with Gasteiger partial charge in [0.05, 0.1) is 0 Å². The molecule has 2 aromatic rings. The fourth-order valence-corrected chi connectivity index (χ4v) is 3.91. The van der Waals surface area contributed by atoms with E-state index in [-0.39, 0.29) is 0 Å². The third-order valence-corrected chi connectivity index (χ3v) is 5.30. The first-order chi connectivity index (χ1) is 10.2. The highest BCUT2D eigenvalue weighted by Gasteiger charge is 2.28. The maximum Gasteiger partial charge on any atom is 0.0178 e. The van der Waals surface area contributed by atoms with Gasteiger partial charge in [-0.05, 0) is 67.1 Å². The zero-order chi connectivity index (χ0) is 14.8. The molecule has 0 aliphatic carbocycles. The predicted octanol–water partition coefficient (Wildman–Crippen LogP) is 4.93. The van der Waals surface area contributed by atoms with Crippen LogP contribution in [0.15, 0.2) is 46.9 Å². The lowest BCUT2D eigenvalue weighted by atomic mass is 9.75. The van der Waals surface area contributed by atoms with Crippen molar-refractivity contribution >= 4 is 15.9 Å². The van der Waals surface area contributed by atoms with E-state index >= 15 is 0 Å². The van der Waals surface area contributed by atoms with E-state index in [4.69, 9.17) is 0 Å². The number of halogens is 1. The quantitative estimate of drug-likeness (QED) is 0.815. The van der Waals surface area contributed by atoms with Crippen molar-refractivity contribution in [1.82, 2.24) is 5.32 Å². The summed E-state index contributed by atoms with van der Waals surface area (Å²) < 4.78 is 1.17. The molecule has 1 saturated heterocycles. The van der Waals surface area contributed by atoms with Gasteiger partial charge in [-0.3, -0.25) is 0 Å². The minimum Gasteiger partial charge on any atom is -0.316 e. The number of nitrogens with one attached hydrogen (secondary N) is 1. The molecule has 0 radical (unpaired) electrons. The molecule has 2 atom stereocenters. The molecule has 1 N–H and O–H groups in total. The van der Waals surface area contributed by atoms with E-state index in [1.165, 1.54) is 33.1 Å². The maximum atomic E-state index is 3.61. The molecule has 2 heteroatoms. The number of hydrogen-bond acceptors (Lipinski definition) is 1. The van der Waals surface area contributed by atoms with Crippen molar-refractivity contribution in [1.29, 1.82) is 0 Å². The van der Waals surface area contributed by atoms with Gasteiger partial charge in [0.2, 0.25) is 0 Å². The Morgan fingerprint density at radius 2 is 1.86 bits per heavy atom. The van der Waals surface area contributed by atoms with Crippen LogP contribution in [0.5, 0.6) is 0 Å². The molecule has 0 amide bonds. The van der Waals surface area contributed by atoms with Crippen molar-refractivity contribution in [2.75, 3.05) is 13.1 Å². The number of hydrogen-bond donors (Lipinski definition) is 1. The molecule has 1 aliphatic heterocycles. The molecular formula is C19H22BrN. The first-order valence-electron chi connectivity index (χ1n) is 7.69. The van der Waals surface area contributed by atoms with Crippen molar-refractivity contribution in [2.24, 2.45) is 0 Å². The van der Waals surface area contributed by atoms with Gasteiger partial charge in [0.15, 0.2) is 0 Å². The Labute approximate surface area is 135 Å². The van der Waals surface area contributed by atoms with Crippen LogP contribution < -0.4 is 5.32 Å². The summed E-state index contributed by atoms with van der Waals surface area (Å²) >= 11 is 3.61. The van der Waals surface area contributed by atoms with Gasteiger partial charge in [0, 0.05) is 16.9 Å². The Hall–Kier alpha value is -1.12. The molecule has 0 saturated carbocycles. The summed E-state index contributed by atoms with van der Waals surface area (Å²) in [6, 6.07) is 15.5. The van der Waals surface area contributed by atoms with Crippen LogP contribution >= 0.6 is 15.9 Å². The third kappa shape index (κ3) is 3.07. The lowest BCUT2D eigenvalue weighted by Crippen LogP contribution is -2.34. The second kappa shape index (κ2) is 6.33. The molecule has 21 heavy (non-hydrogen) atoms. The Kier molecular flexibility index (Phi) is 4.46. The summed E-state index contributed by atoms with van der Waals surface area (Å²) in [6.07, 6.45) is 1.21. The van der Waals surface area contributed by atoms with E-state index in [0.717, 1.165) is 13.1 Å². The van der Waals surface area contributed by atoms with Crippen LogP contribution in [-0.2, 0) is 0 Å². The summed E-state index contributed by atoms with van der Waals surface area (Å²) in [4.78, 5) is 0. The van der Waals surface area contributed by atoms with Gasteiger partial charge in [-0.25, -0.2) is 0 Å². The van der Waals surface area contributed by atoms with E-state index < -0.39 is 0 Å². The largest absolute Gasteiger partial charge is 0.316 e. The Morgan fingerprint density at radius 1 is 1.05 bits per heavy atom. The molecule has 3 rings (SSSR count). The highest BCUT2D eigenvalue weighted by Crippen LogP contribution is 2.39. The number of benzene rings is 2. The number of piperidine rings is 1. The van der Waals surface area contributed by atoms with Crippen molar-refractivity contribution in [3.8, 4) is 0 Å². The van der Waals surface area contributed by atoms with Crippen LogP contribution in [0, 0.1) is 13.8 Å². The fourth-order valence-electron chi connectivity index (χ4n) is 3.49. The van der Waals surface area contributed by atoms with Crippen molar-refractivity contribution in [3.63, 3.8) is 0 Å². The van der Waals surface area contributed by atoms with E-state index in [9.17, 15) is 0 Å². The van der Waals surface area contributed by atoms with Gasteiger partial charge in [-0.1, -0.05) is 46.3 Å². The van der Waals surface area contributed by atoms with E-state index in [0.29, 0.717) is 11.8 Å².